The van der Waals surface area contributed by atoms with Gasteiger partial charge in [-0.05, 0) is 18.2 Å². The summed E-state index contributed by atoms with van der Waals surface area (Å²) in [6, 6.07) is 6.02. The molecule has 0 amide bonds. The lowest BCUT2D eigenvalue weighted by Gasteiger charge is -2.05. The van der Waals surface area contributed by atoms with Crippen molar-refractivity contribution in [2.45, 2.75) is 6.54 Å². The standard InChI is InChI=1S/C14H9FN2O3S/c15-9-3-1-4-10-11(9)8(12(21-10)13(18)19)7-17-6-2-5-16-14(17)20/h1-6H,7H2,(H,18,19). The van der Waals surface area contributed by atoms with Gasteiger partial charge in [0.1, 0.15) is 10.7 Å². The Morgan fingerprint density at radius 1 is 1.38 bits per heavy atom. The van der Waals surface area contributed by atoms with Crippen LogP contribution in [0.25, 0.3) is 10.1 Å². The highest BCUT2D eigenvalue weighted by Gasteiger charge is 2.20. The predicted molar refractivity (Wildman–Crippen MR) is 76.3 cm³/mol. The largest absolute Gasteiger partial charge is 0.477 e. The molecule has 0 spiro atoms. The second-order valence-corrected chi connectivity index (χ2v) is 5.41. The third-order valence-electron chi connectivity index (χ3n) is 3.07. The minimum atomic E-state index is -1.14. The second kappa shape index (κ2) is 5.10. The summed E-state index contributed by atoms with van der Waals surface area (Å²) in [7, 11) is 0. The fourth-order valence-corrected chi connectivity index (χ4v) is 3.24. The number of carboxylic acid groups (broad SMARTS) is 1. The van der Waals surface area contributed by atoms with Crippen LogP contribution in [0.2, 0.25) is 0 Å². The molecule has 1 aromatic carbocycles. The first-order chi connectivity index (χ1) is 10.1. The van der Waals surface area contributed by atoms with Crippen LogP contribution in [0, 0.1) is 5.82 Å². The van der Waals surface area contributed by atoms with Gasteiger partial charge < -0.3 is 5.11 Å². The molecule has 2 aromatic heterocycles. The molecule has 0 aliphatic carbocycles. The van der Waals surface area contributed by atoms with Crippen molar-refractivity contribution in [1.29, 1.82) is 0 Å². The number of halogens is 1. The number of aromatic nitrogens is 2. The van der Waals surface area contributed by atoms with Gasteiger partial charge in [-0.15, -0.1) is 11.3 Å². The summed E-state index contributed by atoms with van der Waals surface area (Å²) in [5.74, 6) is -1.63. The Hall–Kier alpha value is -2.54. The van der Waals surface area contributed by atoms with Gasteiger partial charge in [0.25, 0.3) is 0 Å². The fraction of sp³-hybridized carbons (Fsp3) is 0.0714. The number of carbonyl (C=O) groups is 1. The number of aromatic carboxylic acids is 1. The highest BCUT2D eigenvalue weighted by atomic mass is 32.1. The minimum absolute atomic E-state index is 0.0325. The molecule has 0 saturated heterocycles. The molecule has 21 heavy (non-hydrogen) atoms. The Morgan fingerprint density at radius 2 is 2.19 bits per heavy atom. The number of thiophene rings is 1. The van der Waals surface area contributed by atoms with Crippen molar-refractivity contribution in [3.63, 3.8) is 0 Å². The van der Waals surface area contributed by atoms with E-state index in [9.17, 15) is 19.1 Å². The number of rotatable bonds is 3. The van der Waals surface area contributed by atoms with Gasteiger partial charge in [-0.1, -0.05) is 6.07 Å². The Kier molecular flexibility index (Phi) is 3.26. The SMILES string of the molecule is O=C(O)c1sc2cccc(F)c2c1Cn1cccnc1=O. The van der Waals surface area contributed by atoms with Gasteiger partial charge in [0, 0.05) is 28.0 Å². The Morgan fingerprint density at radius 3 is 2.90 bits per heavy atom. The normalized spacial score (nSPS) is 10.9. The van der Waals surface area contributed by atoms with E-state index in [1.54, 1.807) is 12.1 Å². The van der Waals surface area contributed by atoms with Crippen molar-refractivity contribution >= 4 is 27.4 Å². The molecule has 0 aliphatic rings. The van der Waals surface area contributed by atoms with Crippen molar-refractivity contribution in [1.82, 2.24) is 9.55 Å². The highest BCUT2D eigenvalue weighted by Crippen LogP contribution is 2.33. The fourth-order valence-electron chi connectivity index (χ4n) is 2.17. The van der Waals surface area contributed by atoms with E-state index in [1.807, 2.05) is 0 Å². The molecule has 0 aliphatic heterocycles. The van der Waals surface area contributed by atoms with E-state index in [2.05, 4.69) is 4.98 Å². The second-order valence-electron chi connectivity index (χ2n) is 4.36. The molecule has 1 N–H and O–H groups in total. The molecule has 0 unspecified atom stereocenters. The van der Waals surface area contributed by atoms with E-state index in [-0.39, 0.29) is 22.4 Å². The topological polar surface area (TPSA) is 72.2 Å². The van der Waals surface area contributed by atoms with Gasteiger partial charge in [0.2, 0.25) is 0 Å². The molecule has 7 heteroatoms. The zero-order valence-corrected chi connectivity index (χ0v) is 11.4. The summed E-state index contributed by atoms with van der Waals surface area (Å²) in [5, 5.41) is 9.54. The van der Waals surface area contributed by atoms with Gasteiger partial charge in [0.05, 0.1) is 6.54 Å². The number of nitrogens with zero attached hydrogens (tertiary/aromatic N) is 2. The van der Waals surface area contributed by atoms with Crippen LogP contribution in [0.1, 0.15) is 15.2 Å². The average molecular weight is 304 g/mol. The van der Waals surface area contributed by atoms with E-state index < -0.39 is 17.5 Å². The van der Waals surface area contributed by atoms with Crippen molar-refractivity contribution < 1.29 is 14.3 Å². The molecule has 0 bridgehead atoms. The molecule has 3 rings (SSSR count). The van der Waals surface area contributed by atoms with Crippen LogP contribution in [-0.2, 0) is 6.54 Å². The Balaban J connectivity index is 2.25. The molecular formula is C14H9FN2O3S. The summed E-state index contributed by atoms with van der Waals surface area (Å²) in [6.45, 7) is -0.0325. The molecule has 106 valence electrons. The third kappa shape index (κ3) is 2.31. The maximum absolute atomic E-state index is 14.0. The molecule has 3 aromatic rings. The van der Waals surface area contributed by atoms with E-state index in [0.29, 0.717) is 4.70 Å². The van der Waals surface area contributed by atoms with Gasteiger partial charge in [-0.25, -0.2) is 19.0 Å². The van der Waals surface area contributed by atoms with Crippen LogP contribution in [-0.4, -0.2) is 20.6 Å². The number of carboxylic acids is 1. The average Bonchev–Trinajstić information content (AvgIpc) is 2.82. The van der Waals surface area contributed by atoms with E-state index >= 15 is 0 Å². The number of hydrogen-bond acceptors (Lipinski definition) is 4. The van der Waals surface area contributed by atoms with Crippen molar-refractivity contribution in [2.75, 3.05) is 0 Å². The van der Waals surface area contributed by atoms with Gasteiger partial charge >= 0.3 is 11.7 Å². The first-order valence-corrected chi connectivity index (χ1v) is 6.84. The van der Waals surface area contributed by atoms with Gasteiger partial charge in [0.15, 0.2) is 0 Å². The van der Waals surface area contributed by atoms with Crippen molar-refractivity contribution in [2.24, 2.45) is 0 Å². The van der Waals surface area contributed by atoms with Crippen molar-refractivity contribution in [3.8, 4) is 0 Å². The summed E-state index contributed by atoms with van der Waals surface area (Å²) in [4.78, 5) is 26.7. The zero-order valence-electron chi connectivity index (χ0n) is 10.6. The lowest BCUT2D eigenvalue weighted by molar-refractivity contribution is 0.0701. The predicted octanol–water partition coefficient (Wildman–Crippen LogP) is 2.34. The Bertz CT molecular complexity index is 901. The zero-order chi connectivity index (χ0) is 15.0. The van der Waals surface area contributed by atoms with Gasteiger partial charge in [-0.2, -0.15) is 0 Å². The van der Waals surface area contributed by atoms with Crippen molar-refractivity contribution in [3.05, 3.63) is 63.4 Å². The maximum atomic E-state index is 14.0. The lowest BCUT2D eigenvalue weighted by Crippen LogP contribution is -2.22. The van der Waals surface area contributed by atoms with Gasteiger partial charge in [-0.3, -0.25) is 4.57 Å². The highest BCUT2D eigenvalue weighted by molar-refractivity contribution is 7.21. The van der Waals surface area contributed by atoms with Crippen LogP contribution in [0.4, 0.5) is 4.39 Å². The molecular weight excluding hydrogens is 295 g/mol. The van der Waals surface area contributed by atoms with Crippen LogP contribution in [0.15, 0.2) is 41.5 Å². The Labute approximate surface area is 121 Å². The van der Waals surface area contributed by atoms with Crippen LogP contribution >= 0.6 is 11.3 Å². The number of benzene rings is 1. The first-order valence-electron chi connectivity index (χ1n) is 6.02. The molecule has 0 fully saturated rings. The maximum Gasteiger partial charge on any atom is 0.347 e. The molecule has 0 radical (unpaired) electrons. The molecule has 5 nitrogen and oxygen atoms in total. The monoisotopic (exact) mass is 304 g/mol. The van der Waals surface area contributed by atoms with Crippen LogP contribution < -0.4 is 5.69 Å². The van der Waals surface area contributed by atoms with E-state index in [0.717, 1.165) is 11.3 Å². The summed E-state index contributed by atoms with van der Waals surface area (Å²) in [6.07, 6.45) is 2.84. The molecule has 0 atom stereocenters. The summed E-state index contributed by atoms with van der Waals surface area (Å²) < 4.78 is 15.8. The smallest absolute Gasteiger partial charge is 0.347 e. The summed E-state index contributed by atoms with van der Waals surface area (Å²) in [5.41, 5.74) is -0.222. The first kappa shape index (κ1) is 13.4. The molecule has 2 heterocycles. The third-order valence-corrected chi connectivity index (χ3v) is 4.25. The quantitative estimate of drug-likeness (QED) is 0.806. The van der Waals surface area contributed by atoms with Crippen LogP contribution in [0.5, 0.6) is 0 Å². The number of hydrogen-bond donors (Lipinski definition) is 1. The van der Waals surface area contributed by atoms with E-state index in [1.165, 1.54) is 29.1 Å². The van der Waals surface area contributed by atoms with E-state index in [4.69, 9.17) is 0 Å². The lowest BCUT2D eigenvalue weighted by atomic mass is 10.1. The summed E-state index contributed by atoms with van der Waals surface area (Å²) >= 11 is 0.996. The minimum Gasteiger partial charge on any atom is -0.477 e. The number of fused-ring (bicyclic) bond motifs is 1. The van der Waals surface area contributed by atoms with Crippen LogP contribution in [0.3, 0.4) is 0 Å². The molecule has 0 saturated carbocycles.